The van der Waals surface area contributed by atoms with Crippen LogP contribution in [0.15, 0.2) is 12.3 Å². The molecule has 6 heteroatoms. The number of alkyl halides is 3. The average molecular weight is 218 g/mol. The van der Waals surface area contributed by atoms with Gasteiger partial charge in [0.2, 0.25) is 0 Å². The molecule has 0 fully saturated rings. The Morgan fingerprint density at radius 3 is 2.60 bits per heavy atom. The topological polar surface area (TPSA) is 24.9 Å². The smallest absolute Gasteiger partial charge is 0.357 e. The standard InChI is InChI=1S/C9H6F4N2/c1-2-3-14-8-7(10)4-6(5-15-8)9(11,12)13/h1,4-5H,3H2,(H,14,15). The highest BCUT2D eigenvalue weighted by atomic mass is 19.4. The Labute approximate surface area is 83.3 Å². The summed E-state index contributed by atoms with van der Waals surface area (Å²) in [4.78, 5) is 3.28. The molecular formula is C9H6F4N2. The van der Waals surface area contributed by atoms with Crippen molar-refractivity contribution < 1.29 is 17.6 Å². The molecule has 1 rings (SSSR count). The Kier molecular flexibility index (Phi) is 3.14. The molecule has 0 amide bonds. The molecule has 0 bridgehead atoms. The second kappa shape index (κ2) is 4.17. The monoisotopic (exact) mass is 218 g/mol. The van der Waals surface area contributed by atoms with Crippen LogP contribution in [0.25, 0.3) is 0 Å². The molecular weight excluding hydrogens is 212 g/mol. The van der Waals surface area contributed by atoms with Crippen molar-refractivity contribution in [3.8, 4) is 12.3 Å². The zero-order chi connectivity index (χ0) is 11.5. The van der Waals surface area contributed by atoms with Crippen LogP contribution in [0, 0.1) is 18.2 Å². The quantitative estimate of drug-likeness (QED) is 0.608. The van der Waals surface area contributed by atoms with Gasteiger partial charge < -0.3 is 5.32 Å². The SMILES string of the molecule is C#CCNc1ncc(C(F)(F)F)cc1F. The molecule has 0 aliphatic carbocycles. The Morgan fingerprint density at radius 1 is 1.47 bits per heavy atom. The van der Waals surface area contributed by atoms with Gasteiger partial charge in [-0.3, -0.25) is 0 Å². The van der Waals surface area contributed by atoms with Crippen LogP contribution in [0.5, 0.6) is 0 Å². The lowest BCUT2D eigenvalue weighted by Gasteiger charge is -2.08. The number of halogens is 4. The molecule has 0 atom stereocenters. The van der Waals surface area contributed by atoms with Crippen molar-refractivity contribution in [2.24, 2.45) is 0 Å². The molecule has 1 heterocycles. The van der Waals surface area contributed by atoms with Crippen LogP contribution in [-0.4, -0.2) is 11.5 Å². The van der Waals surface area contributed by atoms with Gasteiger partial charge in [-0.1, -0.05) is 5.92 Å². The number of aromatic nitrogens is 1. The highest BCUT2D eigenvalue weighted by molar-refractivity contribution is 5.39. The summed E-state index contributed by atoms with van der Waals surface area (Å²) in [5.41, 5.74) is -1.13. The van der Waals surface area contributed by atoms with Gasteiger partial charge >= 0.3 is 6.18 Å². The largest absolute Gasteiger partial charge is 0.417 e. The average Bonchev–Trinajstić information content (AvgIpc) is 2.14. The molecule has 0 radical (unpaired) electrons. The summed E-state index contributed by atoms with van der Waals surface area (Å²) >= 11 is 0. The molecule has 0 unspecified atom stereocenters. The van der Waals surface area contributed by atoms with Gasteiger partial charge in [0.05, 0.1) is 12.1 Å². The number of pyridine rings is 1. The van der Waals surface area contributed by atoms with Crippen LogP contribution in [0.2, 0.25) is 0 Å². The first-order chi connectivity index (χ1) is 6.95. The second-order valence-corrected chi connectivity index (χ2v) is 2.61. The van der Waals surface area contributed by atoms with Gasteiger partial charge in [0.1, 0.15) is 0 Å². The van der Waals surface area contributed by atoms with E-state index in [0.717, 1.165) is 0 Å². The predicted octanol–water partition coefficient (Wildman–Crippen LogP) is 2.28. The number of nitrogens with zero attached hydrogens (tertiary/aromatic N) is 1. The maximum Gasteiger partial charge on any atom is 0.417 e. The van der Waals surface area contributed by atoms with Crippen molar-refractivity contribution in [3.63, 3.8) is 0 Å². The number of hydrogen-bond acceptors (Lipinski definition) is 2. The van der Waals surface area contributed by atoms with E-state index in [-0.39, 0.29) is 12.4 Å². The van der Waals surface area contributed by atoms with E-state index in [0.29, 0.717) is 12.3 Å². The first-order valence-corrected chi connectivity index (χ1v) is 3.85. The molecule has 1 aromatic heterocycles. The Bertz CT molecular complexity index is 392. The van der Waals surface area contributed by atoms with Crippen LogP contribution in [0.1, 0.15) is 5.56 Å². The number of hydrogen-bond donors (Lipinski definition) is 1. The summed E-state index contributed by atoms with van der Waals surface area (Å²) in [6.45, 7) is -0.00468. The fourth-order valence-electron chi connectivity index (χ4n) is 0.858. The second-order valence-electron chi connectivity index (χ2n) is 2.61. The van der Waals surface area contributed by atoms with E-state index in [1.54, 1.807) is 0 Å². The Morgan fingerprint density at radius 2 is 2.13 bits per heavy atom. The van der Waals surface area contributed by atoms with Crippen LogP contribution in [-0.2, 0) is 6.18 Å². The van der Waals surface area contributed by atoms with Crippen molar-refractivity contribution in [3.05, 3.63) is 23.6 Å². The zero-order valence-electron chi connectivity index (χ0n) is 7.40. The van der Waals surface area contributed by atoms with Crippen LogP contribution >= 0.6 is 0 Å². The minimum absolute atomic E-state index is 0.00468. The Hall–Kier alpha value is -1.77. The van der Waals surface area contributed by atoms with Crippen LogP contribution in [0.4, 0.5) is 23.4 Å². The minimum Gasteiger partial charge on any atom is -0.357 e. The first kappa shape index (κ1) is 11.3. The molecule has 1 aromatic rings. The first-order valence-electron chi connectivity index (χ1n) is 3.85. The molecule has 1 N–H and O–H groups in total. The van der Waals surface area contributed by atoms with Crippen molar-refractivity contribution in [2.45, 2.75) is 6.18 Å². The molecule has 80 valence electrons. The lowest BCUT2D eigenvalue weighted by molar-refractivity contribution is -0.138. The summed E-state index contributed by atoms with van der Waals surface area (Å²) in [5, 5.41) is 2.35. The van der Waals surface area contributed by atoms with Gasteiger partial charge in [0, 0.05) is 6.20 Å². The zero-order valence-corrected chi connectivity index (χ0v) is 7.40. The summed E-state index contributed by atoms with van der Waals surface area (Å²) in [5.74, 6) is 0.774. The van der Waals surface area contributed by atoms with Gasteiger partial charge in [-0.05, 0) is 6.07 Å². The van der Waals surface area contributed by atoms with E-state index < -0.39 is 17.6 Å². The van der Waals surface area contributed by atoms with E-state index in [4.69, 9.17) is 6.42 Å². The molecule has 0 spiro atoms. The van der Waals surface area contributed by atoms with E-state index in [2.05, 4.69) is 16.2 Å². The van der Waals surface area contributed by atoms with E-state index in [1.807, 2.05) is 0 Å². The third-order valence-corrected chi connectivity index (χ3v) is 1.53. The normalized spacial score (nSPS) is 10.9. The summed E-state index contributed by atoms with van der Waals surface area (Å²) in [7, 11) is 0. The molecule has 0 saturated heterocycles. The van der Waals surface area contributed by atoms with Crippen LogP contribution in [0.3, 0.4) is 0 Å². The summed E-state index contributed by atoms with van der Waals surface area (Å²) in [6, 6.07) is 0.367. The third-order valence-electron chi connectivity index (χ3n) is 1.53. The van der Waals surface area contributed by atoms with Crippen molar-refractivity contribution in [1.82, 2.24) is 4.98 Å². The minimum atomic E-state index is -4.60. The molecule has 0 aliphatic rings. The van der Waals surface area contributed by atoms with Gasteiger partial charge in [0.15, 0.2) is 11.6 Å². The summed E-state index contributed by atoms with van der Waals surface area (Å²) in [6.07, 6.45) is 0.828. The molecule has 15 heavy (non-hydrogen) atoms. The highest BCUT2D eigenvalue weighted by Gasteiger charge is 2.31. The van der Waals surface area contributed by atoms with E-state index >= 15 is 0 Å². The van der Waals surface area contributed by atoms with Gasteiger partial charge in [-0.25, -0.2) is 9.37 Å². The molecule has 2 nitrogen and oxygen atoms in total. The maximum absolute atomic E-state index is 13.0. The summed E-state index contributed by atoms with van der Waals surface area (Å²) < 4.78 is 49.3. The molecule has 0 aliphatic heterocycles. The lowest BCUT2D eigenvalue weighted by atomic mass is 10.2. The van der Waals surface area contributed by atoms with Crippen LogP contribution < -0.4 is 5.32 Å². The van der Waals surface area contributed by atoms with Gasteiger partial charge in [-0.15, -0.1) is 6.42 Å². The number of terminal acetylenes is 1. The van der Waals surface area contributed by atoms with E-state index in [1.165, 1.54) is 0 Å². The fourth-order valence-corrected chi connectivity index (χ4v) is 0.858. The van der Waals surface area contributed by atoms with Crippen molar-refractivity contribution in [2.75, 3.05) is 11.9 Å². The van der Waals surface area contributed by atoms with Crippen molar-refractivity contribution >= 4 is 5.82 Å². The fraction of sp³-hybridized carbons (Fsp3) is 0.222. The highest BCUT2D eigenvalue weighted by Crippen LogP contribution is 2.29. The molecule has 0 saturated carbocycles. The lowest BCUT2D eigenvalue weighted by Crippen LogP contribution is -2.09. The van der Waals surface area contributed by atoms with Crippen molar-refractivity contribution in [1.29, 1.82) is 0 Å². The predicted molar refractivity (Wildman–Crippen MR) is 46.5 cm³/mol. The van der Waals surface area contributed by atoms with Gasteiger partial charge in [0.25, 0.3) is 0 Å². The van der Waals surface area contributed by atoms with E-state index in [9.17, 15) is 17.6 Å². The third kappa shape index (κ3) is 2.84. The number of rotatable bonds is 2. The molecule has 0 aromatic carbocycles. The van der Waals surface area contributed by atoms with Gasteiger partial charge in [-0.2, -0.15) is 13.2 Å². The number of nitrogens with one attached hydrogen (secondary N) is 1. The maximum atomic E-state index is 13.0. The Balaban J connectivity index is 2.94. The number of anilines is 1.